The number of alkyl halides is 3. The Bertz CT molecular complexity index is 1510. The summed E-state index contributed by atoms with van der Waals surface area (Å²) in [5, 5.41) is 2.82. The number of anilines is 1. The fraction of sp³-hybridized carbons (Fsp3) is 0.120. The van der Waals surface area contributed by atoms with E-state index in [0.717, 1.165) is 6.07 Å². The number of nitrogens with one attached hydrogen (secondary N) is 1. The Hall–Kier alpha value is -3.36. The van der Waals surface area contributed by atoms with Gasteiger partial charge in [-0.15, -0.1) is 0 Å². The number of aryl methyl sites for hydroxylation is 1. The first kappa shape index (κ1) is 24.8. The number of fused-ring (bicyclic) bond motifs is 1. The molecule has 1 amide bonds. The lowest BCUT2D eigenvalue weighted by Gasteiger charge is -2.16. The lowest BCUT2D eigenvalue weighted by Crippen LogP contribution is -2.22. The second-order valence-electron chi connectivity index (χ2n) is 7.76. The molecule has 0 saturated heterocycles. The Morgan fingerprint density at radius 3 is 2.37 bits per heavy atom. The third-order valence-corrected chi connectivity index (χ3v) is 5.95. The van der Waals surface area contributed by atoms with Crippen LogP contribution >= 0.6 is 23.2 Å². The first-order valence-electron chi connectivity index (χ1n) is 10.1. The standard InChI is InChI=1S/C25H15Cl2F4NO3/c1-12-8-16-21(11-19(12)27)35-24(34)17(23(16)13-2-5-15(28)6-3-13)10-22(33)32-20-7-4-14(26)9-18(20)25(29,30)31/h2-9,11H,10H2,1H3,(H,32,33). The molecule has 0 saturated carbocycles. The summed E-state index contributed by atoms with van der Waals surface area (Å²) in [7, 11) is 0. The minimum absolute atomic E-state index is 0.106. The maximum Gasteiger partial charge on any atom is 0.418 e. The minimum Gasteiger partial charge on any atom is -0.422 e. The lowest BCUT2D eigenvalue weighted by molar-refractivity contribution is -0.137. The highest BCUT2D eigenvalue weighted by Crippen LogP contribution is 2.37. The SMILES string of the molecule is Cc1cc2c(-c3ccc(F)cc3)c(CC(=O)Nc3ccc(Cl)cc3C(F)(F)F)c(=O)oc2cc1Cl. The molecule has 4 nitrogen and oxygen atoms in total. The monoisotopic (exact) mass is 523 g/mol. The Morgan fingerprint density at radius 2 is 1.71 bits per heavy atom. The fourth-order valence-corrected chi connectivity index (χ4v) is 4.02. The summed E-state index contributed by atoms with van der Waals surface area (Å²) in [6.07, 6.45) is -5.38. The largest absolute Gasteiger partial charge is 0.422 e. The molecular weight excluding hydrogens is 509 g/mol. The summed E-state index contributed by atoms with van der Waals surface area (Å²) in [5.74, 6) is -1.40. The Morgan fingerprint density at radius 1 is 1.03 bits per heavy atom. The van der Waals surface area contributed by atoms with E-state index in [1.165, 1.54) is 36.4 Å². The molecule has 0 atom stereocenters. The quantitative estimate of drug-likeness (QED) is 0.223. The summed E-state index contributed by atoms with van der Waals surface area (Å²) in [6.45, 7) is 1.73. The van der Waals surface area contributed by atoms with Crippen LogP contribution in [0.25, 0.3) is 22.1 Å². The predicted molar refractivity (Wildman–Crippen MR) is 126 cm³/mol. The van der Waals surface area contributed by atoms with Crippen molar-refractivity contribution in [3.63, 3.8) is 0 Å². The molecule has 0 bridgehead atoms. The van der Waals surface area contributed by atoms with Crippen molar-refractivity contribution in [2.24, 2.45) is 0 Å². The Labute approximate surface area is 206 Å². The van der Waals surface area contributed by atoms with Crippen molar-refractivity contribution >= 4 is 45.8 Å². The second kappa shape index (κ2) is 9.36. The summed E-state index contributed by atoms with van der Waals surface area (Å²) in [6, 6.07) is 11.3. The van der Waals surface area contributed by atoms with Crippen molar-refractivity contribution in [3.8, 4) is 11.1 Å². The number of hydrogen-bond donors (Lipinski definition) is 1. The van der Waals surface area contributed by atoms with E-state index in [1.807, 2.05) is 0 Å². The molecule has 0 unspecified atom stereocenters. The van der Waals surface area contributed by atoms with Crippen LogP contribution in [0.1, 0.15) is 16.7 Å². The molecule has 0 aliphatic rings. The number of carbonyl (C=O) groups excluding carboxylic acids is 1. The van der Waals surface area contributed by atoms with Crippen LogP contribution in [0.15, 0.2) is 63.8 Å². The van der Waals surface area contributed by atoms with Gasteiger partial charge < -0.3 is 9.73 Å². The van der Waals surface area contributed by atoms with E-state index in [0.29, 0.717) is 33.2 Å². The first-order valence-corrected chi connectivity index (χ1v) is 10.9. The summed E-state index contributed by atoms with van der Waals surface area (Å²) >= 11 is 11.8. The molecule has 35 heavy (non-hydrogen) atoms. The minimum atomic E-state index is -4.77. The van der Waals surface area contributed by atoms with E-state index in [2.05, 4.69) is 5.32 Å². The Balaban J connectivity index is 1.83. The average molecular weight is 524 g/mol. The molecule has 0 fully saturated rings. The molecule has 4 aromatic rings. The van der Waals surface area contributed by atoms with Crippen LogP contribution in [-0.2, 0) is 17.4 Å². The molecule has 10 heteroatoms. The highest BCUT2D eigenvalue weighted by Gasteiger charge is 2.34. The summed E-state index contributed by atoms with van der Waals surface area (Å²) < 4.78 is 59.2. The van der Waals surface area contributed by atoms with Gasteiger partial charge in [0.1, 0.15) is 11.4 Å². The van der Waals surface area contributed by atoms with Crippen molar-refractivity contribution in [2.45, 2.75) is 19.5 Å². The van der Waals surface area contributed by atoms with Crippen molar-refractivity contribution < 1.29 is 26.8 Å². The van der Waals surface area contributed by atoms with Crippen molar-refractivity contribution in [2.75, 3.05) is 5.32 Å². The van der Waals surface area contributed by atoms with E-state index >= 15 is 0 Å². The van der Waals surface area contributed by atoms with Crippen LogP contribution in [0.5, 0.6) is 0 Å². The number of carbonyl (C=O) groups is 1. The van der Waals surface area contributed by atoms with Gasteiger partial charge in [-0.2, -0.15) is 13.2 Å². The van der Waals surface area contributed by atoms with Crippen molar-refractivity contribution in [1.29, 1.82) is 0 Å². The van der Waals surface area contributed by atoms with Crippen LogP contribution in [0.2, 0.25) is 10.0 Å². The van der Waals surface area contributed by atoms with Gasteiger partial charge in [-0.3, -0.25) is 4.79 Å². The third kappa shape index (κ3) is 5.18. The number of rotatable bonds is 4. The number of benzene rings is 3. The van der Waals surface area contributed by atoms with E-state index in [9.17, 15) is 27.2 Å². The van der Waals surface area contributed by atoms with E-state index in [4.69, 9.17) is 27.6 Å². The first-order chi connectivity index (χ1) is 16.4. The molecule has 4 rings (SSSR count). The number of halogens is 6. The fourth-order valence-electron chi connectivity index (χ4n) is 3.69. The lowest BCUT2D eigenvalue weighted by atomic mass is 9.94. The smallest absolute Gasteiger partial charge is 0.418 e. The molecular formula is C25H15Cl2F4NO3. The molecule has 0 spiro atoms. The van der Waals surface area contributed by atoms with Gasteiger partial charge in [0.15, 0.2) is 0 Å². The predicted octanol–water partition coefficient (Wildman–Crippen LogP) is 7.41. The zero-order valence-corrected chi connectivity index (χ0v) is 19.4. The molecule has 1 N–H and O–H groups in total. The zero-order valence-electron chi connectivity index (χ0n) is 17.9. The van der Waals surface area contributed by atoms with Gasteiger partial charge in [0.05, 0.1) is 23.2 Å². The van der Waals surface area contributed by atoms with Gasteiger partial charge in [-0.1, -0.05) is 35.3 Å². The highest BCUT2D eigenvalue weighted by molar-refractivity contribution is 6.32. The molecule has 3 aromatic carbocycles. The van der Waals surface area contributed by atoms with Gasteiger partial charge in [-0.05, 0) is 54.4 Å². The van der Waals surface area contributed by atoms with Gasteiger partial charge in [0.25, 0.3) is 0 Å². The van der Waals surface area contributed by atoms with Crippen molar-refractivity contribution in [3.05, 3.63) is 97.6 Å². The normalized spacial score (nSPS) is 11.6. The highest BCUT2D eigenvalue weighted by atomic mass is 35.5. The number of amides is 1. The molecule has 1 aromatic heterocycles. The van der Waals surface area contributed by atoms with Gasteiger partial charge in [0, 0.05) is 27.1 Å². The summed E-state index contributed by atoms with van der Waals surface area (Å²) in [5.41, 5.74) is -1.12. The van der Waals surface area contributed by atoms with Crippen LogP contribution in [0.4, 0.5) is 23.2 Å². The van der Waals surface area contributed by atoms with E-state index in [1.54, 1.807) is 13.0 Å². The Kier molecular flexibility index (Phi) is 6.62. The molecule has 180 valence electrons. The third-order valence-electron chi connectivity index (χ3n) is 5.31. The average Bonchev–Trinajstić information content (AvgIpc) is 2.77. The topological polar surface area (TPSA) is 59.3 Å². The van der Waals surface area contributed by atoms with Gasteiger partial charge in [0.2, 0.25) is 5.91 Å². The van der Waals surface area contributed by atoms with Gasteiger partial charge >= 0.3 is 11.8 Å². The molecule has 0 aliphatic carbocycles. The van der Waals surface area contributed by atoms with E-state index < -0.39 is 41.2 Å². The molecule has 0 aliphatic heterocycles. The maximum atomic E-state index is 13.6. The van der Waals surface area contributed by atoms with Crippen LogP contribution in [0.3, 0.4) is 0 Å². The zero-order chi connectivity index (χ0) is 25.5. The summed E-state index contributed by atoms with van der Waals surface area (Å²) in [4.78, 5) is 25.7. The number of hydrogen-bond acceptors (Lipinski definition) is 3. The van der Waals surface area contributed by atoms with Crippen LogP contribution in [-0.4, -0.2) is 5.91 Å². The second-order valence-corrected chi connectivity index (χ2v) is 8.60. The van der Waals surface area contributed by atoms with Crippen molar-refractivity contribution in [1.82, 2.24) is 0 Å². The molecule has 0 radical (unpaired) electrons. The van der Waals surface area contributed by atoms with Crippen LogP contribution < -0.4 is 10.9 Å². The maximum absolute atomic E-state index is 13.6. The van der Waals surface area contributed by atoms with Gasteiger partial charge in [-0.25, -0.2) is 9.18 Å². The molecule has 1 heterocycles. The van der Waals surface area contributed by atoms with Crippen LogP contribution in [0, 0.1) is 12.7 Å². The van der Waals surface area contributed by atoms with E-state index in [-0.39, 0.29) is 16.2 Å².